The standard InChI is InChI=1S/C20H29FN2O3/c1-14(2)19(8-9-19)22-13-20(25)7-4-10-23(18(20)24)12-15-11-16(26-3)5-6-17(15)21/h5-6,11,14,22,25H,4,7-10,12-13H2,1-3H3/t20-/m1/s1. The van der Waals surface area contributed by atoms with Crippen molar-refractivity contribution in [3.8, 4) is 5.75 Å². The molecule has 2 N–H and O–H groups in total. The first-order valence-corrected chi connectivity index (χ1v) is 9.39. The van der Waals surface area contributed by atoms with Gasteiger partial charge in [0.2, 0.25) is 0 Å². The Kier molecular flexibility index (Phi) is 5.26. The lowest BCUT2D eigenvalue weighted by Gasteiger charge is -2.39. The number of hydrogen-bond donors (Lipinski definition) is 2. The van der Waals surface area contributed by atoms with Gasteiger partial charge in [0.05, 0.1) is 7.11 Å². The van der Waals surface area contributed by atoms with Crippen LogP contribution in [-0.4, -0.2) is 47.3 Å². The Hall–Kier alpha value is -1.66. The summed E-state index contributed by atoms with van der Waals surface area (Å²) in [6, 6.07) is 4.50. The second-order valence-electron chi connectivity index (χ2n) is 7.98. The van der Waals surface area contributed by atoms with Gasteiger partial charge in [-0.05, 0) is 49.8 Å². The van der Waals surface area contributed by atoms with Crippen LogP contribution in [0.15, 0.2) is 18.2 Å². The Morgan fingerprint density at radius 2 is 2.08 bits per heavy atom. The zero-order chi connectivity index (χ0) is 18.9. The number of aliphatic hydroxyl groups is 1. The van der Waals surface area contributed by atoms with Gasteiger partial charge in [-0.2, -0.15) is 0 Å². The highest BCUT2D eigenvalue weighted by atomic mass is 19.1. The molecule has 5 nitrogen and oxygen atoms in total. The molecule has 0 unspecified atom stereocenters. The minimum absolute atomic E-state index is 0.0528. The summed E-state index contributed by atoms with van der Waals surface area (Å²) < 4.78 is 19.3. The summed E-state index contributed by atoms with van der Waals surface area (Å²) in [7, 11) is 1.52. The number of nitrogens with one attached hydrogen (secondary N) is 1. The molecule has 1 aliphatic heterocycles. The van der Waals surface area contributed by atoms with Crippen molar-refractivity contribution in [2.75, 3.05) is 20.2 Å². The molecule has 26 heavy (non-hydrogen) atoms. The predicted octanol–water partition coefficient (Wildman–Crippen LogP) is 2.47. The summed E-state index contributed by atoms with van der Waals surface area (Å²) in [6.07, 6.45) is 3.29. The number of β-amino-alcohol motifs (C(OH)–C–C–N with tert-alkyl or cyclic N) is 1. The molecule has 0 radical (unpaired) electrons. The molecule has 0 spiro atoms. The number of ether oxygens (including phenoxy) is 1. The minimum Gasteiger partial charge on any atom is -0.497 e. The molecule has 0 aromatic heterocycles. The van der Waals surface area contributed by atoms with Gasteiger partial charge < -0.3 is 20.1 Å². The first kappa shape index (κ1) is 19.1. The van der Waals surface area contributed by atoms with Crippen LogP contribution in [0.3, 0.4) is 0 Å². The molecule has 1 heterocycles. The molecular formula is C20H29FN2O3. The van der Waals surface area contributed by atoms with E-state index in [9.17, 15) is 14.3 Å². The fourth-order valence-electron chi connectivity index (χ4n) is 3.80. The number of rotatable bonds is 7. The number of likely N-dealkylation sites (tertiary alicyclic amines) is 1. The van der Waals surface area contributed by atoms with Crippen LogP contribution in [0.25, 0.3) is 0 Å². The average molecular weight is 364 g/mol. The summed E-state index contributed by atoms with van der Waals surface area (Å²) in [6.45, 7) is 5.23. The van der Waals surface area contributed by atoms with E-state index in [4.69, 9.17) is 4.74 Å². The highest BCUT2D eigenvalue weighted by molar-refractivity contribution is 5.86. The summed E-state index contributed by atoms with van der Waals surface area (Å²) in [4.78, 5) is 14.5. The van der Waals surface area contributed by atoms with Crippen molar-refractivity contribution in [1.82, 2.24) is 10.2 Å². The van der Waals surface area contributed by atoms with Crippen molar-refractivity contribution in [3.63, 3.8) is 0 Å². The Morgan fingerprint density at radius 3 is 2.69 bits per heavy atom. The third kappa shape index (κ3) is 3.71. The van der Waals surface area contributed by atoms with Crippen molar-refractivity contribution in [2.24, 2.45) is 5.92 Å². The molecule has 2 aliphatic rings. The predicted molar refractivity (Wildman–Crippen MR) is 97.4 cm³/mol. The molecule has 1 aliphatic carbocycles. The van der Waals surface area contributed by atoms with E-state index in [2.05, 4.69) is 19.2 Å². The SMILES string of the molecule is COc1ccc(F)c(CN2CCC[C@@](O)(CNC3(C(C)C)CC3)C2=O)c1. The van der Waals surface area contributed by atoms with Gasteiger partial charge >= 0.3 is 0 Å². The van der Waals surface area contributed by atoms with Gasteiger partial charge in [0.15, 0.2) is 5.60 Å². The summed E-state index contributed by atoms with van der Waals surface area (Å²) in [5.74, 6) is 0.322. The molecule has 144 valence electrons. The molecular weight excluding hydrogens is 335 g/mol. The van der Waals surface area contributed by atoms with Crippen LogP contribution in [-0.2, 0) is 11.3 Å². The van der Waals surface area contributed by atoms with E-state index < -0.39 is 5.60 Å². The van der Waals surface area contributed by atoms with Gasteiger partial charge in [-0.1, -0.05) is 13.8 Å². The second-order valence-corrected chi connectivity index (χ2v) is 7.98. The quantitative estimate of drug-likeness (QED) is 0.780. The van der Waals surface area contributed by atoms with E-state index >= 15 is 0 Å². The van der Waals surface area contributed by atoms with Crippen LogP contribution in [0, 0.1) is 11.7 Å². The van der Waals surface area contributed by atoms with Crippen molar-refractivity contribution in [1.29, 1.82) is 0 Å². The van der Waals surface area contributed by atoms with E-state index in [0.29, 0.717) is 36.6 Å². The normalized spacial score (nSPS) is 24.8. The van der Waals surface area contributed by atoms with E-state index in [1.807, 2.05) is 0 Å². The molecule has 6 heteroatoms. The van der Waals surface area contributed by atoms with Crippen LogP contribution in [0.5, 0.6) is 5.75 Å². The third-order valence-corrected chi connectivity index (χ3v) is 5.94. The van der Waals surface area contributed by atoms with Crippen LogP contribution in [0.4, 0.5) is 4.39 Å². The Labute approximate surface area is 154 Å². The van der Waals surface area contributed by atoms with Crippen molar-refractivity contribution >= 4 is 5.91 Å². The van der Waals surface area contributed by atoms with Gasteiger partial charge in [0.1, 0.15) is 11.6 Å². The molecule has 1 saturated heterocycles. The van der Waals surface area contributed by atoms with Gasteiger partial charge in [-0.3, -0.25) is 4.79 Å². The maximum absolute atomic E-state index is 14.1. The van der Waals surface area contributed by atoms with Crippen molar-refractivity contribution < 1.29 is 19.0 Å². The van der Waals surface area contributed by atoms with Gasteiger partial charge in [-0.15, -0.1) is 0 Å². The van der Waals surface area contributed by atoms with E-state index in [-0.39, 0.29) is 30.4 Å². The minimum atomic E-state index is -1.42. The molecule has 0 bridgehead atoms. The van der Waals surface area contributed by atoms with Crippen molar-refractivity contribution in [3.05, 3.63) is 29.6 Å². The third-order valence-electron chi connectivity index (χ3n) is 5.94. The highest BCUT2D eigenvalue weighted by Crippen LogP contribution is 2.42. The summed E-state index contributed by atoms with van der Waals surface area (Å²) >= 11 is 0. The summed E-state index contributed by atoms with van der Waals surface area (Å²) in [5, 5.41) is 14.4. The average Bonchev–Trinajstić information content (AvgIpc) is 3.41. The Bertz CT molecular complexity index is 675. The fraction of sp³-hybridized carbons (Fsp3) is 0.650. The smallest absolute Gasteiger partial charge is 0.256 e. The number of methoxy groups -OCH3 is 1. The number of amides is 1. The number of halogens is 1. The first-order chi connectivity index (χ1) is 12.3. The Morgan fingerprint density at radius 1 is 1.35 bits per heavy atom. The molecule has 2 fully saturated rings. The van der Waals surface area contributed by atoms with Crippen LogP contribution in [0.2, 0.25) is 0 Å². The number of piperidine rings is 1. The lowest BCUT2D eigenvalue weighted by molar-refractivity contribution is -0.157. The van der Waals surface area contributed by atoms with Crippen LogP contribution < -0.4 is 10.1 Å². The largest absolute Gasteiger partial charge is 0.497 e. The topological polar surface area (TPSA) is 61.8 Å². The molecule has 1 amide bonds. The number of nitrogens with zero attached hydrogens (tertiary/aromatic N) is 1. The van der Waals surface area contributed by atoms with Gasteiger partial charge in [-0.25, -0.2) is 4.39 Å². The molecule has 1 aromatic rings. The van der Waals surface area contributed by atoms with Crippen LogP contribution >= 0.6 is 0 Å². The number of hydrogen-bond acceptors (Lipinski definition) is 4. The lowest BCUT2D eigenvalue weighted by Crippen LogP contribution is -2.59. The number of benzene rings is 1. The van der Waals surface area contributed by atoms with E-state index in [1.54, 1.807) is 17.0 Å². The number of carbonyl (C=O) groups excluding carboxylic acids is 1. The maximum atomic E-state index is 14.1. The Balaban J connectivity index is 1.69. The fourth-order valence-corrected chi connectivity index (χ4v) is 3.80. The molecule has 1 atom stereocenters. The second kappa shape index (κ2) is 7.16. The van der Waals surface area contributed by atoms with E-state index in [1.165, 1.54) is 13.2 Å². The van der Waals surface area contributed by atoms with Gasteiger partial charge in [0, 0.05) is 30.7 Å². The maximum Gasteiger partial charge on any atom is 0.256 e. The summed E-state index contributed by atoms with van der Waals surface area (Å²) in [5.41, 5.74) is -0.967. The molecule has 3 rings (SSSR count). The lowest BCUT2D eigenvalue weighted by atomic mass is 9.90. The zero-order valence-electron chi connectivity index (χ0n) is 15.8. The molecule has 1 saturated carbocycles. The van der Waals surface area contributed by atoms with Crippen molar-refractivity contribution in [2.45, 2.75) is 57.2 Å². The zero-order valence-corrected chi connectivity index (χ0v) is 15.8. The van der Waals surface area contributed by atoms with Gasteiger partial charge in [0.25, 0.3) is 5.91 Å². The number of carbonyl (C=O) groups is 1. The monoisotopic (exact) mass is 364 g/mol. The highest BCUT2D eigenvalue weighted by Gasteiger charge is 2.49. The molecule has 1 aromatic carbocycles. The van der Waals surface area contributed by atoms with Crippen LogP contribution in [0.1, 0.15) is 45.1 Å². The van der Waals surface area contributed by atoms with E-state index in [0.717, 1.165) is 12.8 Å². The first-order valence-electron chi connectivity index (χ1n) is 9.39.